The predicted molar refractivity (Wildman–Crippen MR) is 131 cm³/mol. The normalized spacial score (nSPS) is 11.2. The molecular formula is C24H19FN6O5S. The second kappa shape index (κ2) is 9.67. The van der Waals surface area contributed by atoms with Gasteiger partial charge in [0.15, 0.2) is 0 Å². The number of benzene rings is 2. The zero-order chi connectivity index (χ0) is 26.9. The molecular weight excluding hydrogens is 503 g/mol. The molecule has 2 heterocycles. The first-order valence-corrected chi connectivity index (χ1v) is 12.5. The van der Waals surface area contributed by atoms with Crippen molar-refractivity contribution in [3.05, 3.63) is 82.7 Å². The molecule has 11 nitrogen and oxygen atoms in total. The van der Waals surface area contributed by atoms with E-state index in [1.54, 1.807) is 13.0 Å². The van der Waals surface area contributed by atoms with E-state index in [9.17, 15) is 27.5 Å². The van der Waals surface area contributed by atoms with Gasteiger partial charge in [-0.1, -0.05) is 12.1 Å². The van der Waals surface area contributed by atoms with Gasteiger partial charge in [0.1, 0.15) is 29.2 Å². The zero-order valence-corrected chi connectivity index (χ0v) is 20.3. The number of carbonyl (C=O) groups excluding carboxylic acids is 2. The average molecular weight is 523 g/mol. The van der Waals surface area contributed by atoms with Gasteiger partial charge in [0.05, 0.1) is 23.4 Å². The van der Waals surface area contributed by atoms with E-state index in [0.29, 0.717) is 15.1 Å². The Labute approximate surface area is 210 Å². The highest BCUT2D eigenvalue weighted by atomic mass is 32.2. The summed E-state index contributed by atoms with van der Waals surface area (Å²) in [6.45, 7) is 1.69. The van der Waals surface area contributed by atoms with E-state index < -0.39 is 27.7 Å². The molecule has 0 bridgehead atoms. The van der Waals surface area contributed by atoms with Crippen LogP contribution in [0, 0.1) is 24.1 Å². The van der Waals surface area contributed by atoms with Gasteiger partial charge in [-0.2, -0.15) is 5.26 Å². The third-order valence-corrected chi connectivity index (χ3v) is 6.44. The summed E-state index contributed by atoms with van der Waals surface area (Å²) in [6.07, 6.45) is 1.87. The maximum absolute atomic E-state index is 13.4. The molecule has 4 aromatic rings. The molecule has 0 aliphatic carbocycles. The molecule has 3 N–H and O–H groups in total. The lowest BCUT2D eigenvalue weighted by molar-refractivity contribution is 0.0945. The predicted octanol–water partition coefficient (Wildman–Crippen LogP) is 2.45. The van der Waals surface area contributed by atoms with E-state index in [2.05, 4.69) is 20.6 Å². The van der Waals surface area contributed by atoms with Gasteiger partial charge in [-0.3, -0.25) is 9.59 Å². The SMILES string of the molecule is Cc1cc(CNC(=O)c2cc(C(=O)Nc3c(O)n(S(C)(=O)=O)c4cc(C#N)ccc34)ncn2)ccc1F. The molecule has 0 radical (unpaired) electrons. The van der Waals surface area contributed by atoms with E-state index in [4.69, 9.17) is 5.26 Å². The highest BCUT2D eigenvalue weighted by Gasteiger charge is 2.25. The molecule has 0 atom stereocenters. The Morgan fingerprint density at radius 3 is 2.46 bits per heavy atom. The highest BCUT2D eigenvalue weighted by Crippen LogP contribution is 2.38. The molecule has 0 saturated heterocycles. The summed E-state index contributed by atoms with van der Waals surface area (Å²) >= 11 is 0. The number of halogens is 1. The number of carbonyl (C=O) groups is 2. The molecule has 0 fully saturated rings. The summed E-state index contributed by atoms with van der Waals surface area (Å²) in [5.74, 6) is -2.59. The number of nitrogens with one attached hydrogen (secondary N) is 2. The Kier molecular flexibility index (Phi) is 6.60. The number of aryl methyl sites for hydroxylation is 1. The molecule has 37 heavy (non-hydrogen) atoms. The third-order valence-electron chi connectivity index (χ3n) is 5.41. The summed E-state index contributed by atoms with van der Waals surface area (Å²) in [7, 11) is -4.01. The Balaban J connectivity index is 1.59. The standard InChI is InChI=1S/C24H19FN6O5S/c1-13-7-15(4-6-17(13)25)11-27-22(32)18-9-19(29-12-28-18)23(33)30-21-16-5-3-14(10-26)8-20(16)31(24(21)34)37(2,35)36/h3-9,12,34H,11H2,1-2H3,(H,27,32)(H,30,33). The number of fused-ring (bicyclic) bond motifs is 1. The second-order valence-electron chi connectivity index (χ2n) is 8.08. The third kappa shape index (κ3) is 5.09. The number of nitrogens with zero attached hydrogens (tertiary/aromatic N) is 4. The van der Waals surface area contributed by atoms with Crippen molar-refractivity contribution in [1.29, 1.82) is 5.26 Å². The van der Waals surface area contributed by atoms with Crippen molar-refractivity contribution >= 4 is 38.4 Å². The molecule has 188 valence electrons. The van der Waals surface area contributed by atoms with Crippen molar-refractivity contribution in [3.8, 4) is 11.9 Å². The number of anilines is 1. The minimum atomic E-state index is -4.01. The first-order chi connectivity index (χ1) is 17.5. The molecule has 0 unspecified atom stereocenters. The molecule has 0 saturated carbocycles. The van der Waals surface area contributed by atoms with Crippen LogP contribution in [-0.2, 0) is 16.6 Å². The van der Waals surface area contributed by atoms with Crippen molar-refractivity contribution in [2.75, 3.05) is 11.6 Å². The highest BCUT2D eigenvalue weighted by molar-refractivity contribution is 7.89. The summed E-state index contributed by atoms with van der Waals surface area (Å²) in [5, 5.41) is 25.0. The number of hydrogen-bond donors (Lipinski definition) is 3. The summed E-state index contributed by atoms with van der Waals surface area (Å²) < 4.78 is 38.6. The second-order valence-corrected chi connectivity index (χ2v) is 9.91. The van der Waals surface area contributed by atoms with Crippen LogP contribution in [0.2, 0.25) is 0 Å². The van der Waals surface area contributed by atoms with Crippen LogP contribution in [0.15, 0.2) is 48.8 Å². The van der Waals surface area contributed by atoms with Crippen LogP contribution in [0.4, 0.5) is 10.1 Å². The van der Waals surface area contributed by atoms with Crippen molar-refractivity contribution in [1.82, 2.24) is 19.3 Å². The van der Waals surface area contributed by atoms with E-state index in [-0.39, 0.29) is 45.9 Å². The van der Waals surface area contributed by atoms with Crippen LogP contribution in [0.3, 0.4) is 0 Å². The molecule has 0 aliphatic heterocycles. The number of hydrogen-bond acceptors (Lipinski definition) is 8. The maximum atomic E-state index is 13.4. The van der Waals surface area contributed by atoms with Gasteiger partial charge in [-0.05, 0) is 42.3 Å². The first-order valence-electron chi connectivity index (χ1n) is 10.6. The van der Waals surface area contributed by atoms with Crippen molar-refractivity contribution in [2.24, 2.45) is 0 Å². The van der Waals surface area contributed by atoms with Gasteiger partial charge in [-0.15, -0.1) is 0 Å². The summed E-state index contributed by atoms with van der Waals surface area (Å²) in [5.41, 5.74) is 0.662. The van der Waals surface area contributed by atoms with Crippen LogP contribution >= 0.6 is 0 Å². The van der Waals surface area contributed by atoms with Gasteiger partial charge < -0.3 is 15.7 Å². The zero-order valence-electron chi connectivity index (χ0n) is 19.5. The number of rotatable bonds is 6. The van der Waals surface area contributed by atoms with E-state index in [1.807, 2.05) is 6.07 Å². The van der Waals surface area contributed by atoms with Crippen LogP contribution in [0.5, 0.6) is 5.88 Å². The smallest absolute Gasteiger partial charge is 0.274 e. The lowest BCUT2D eigenvalue weighted by Gasteiger charge is -2.08. The Morgan fingerprint density at radius 1 is 1.11 bits per heavy atom. The van der Waals surface area contributed by atoms with E-state index in [1.165, 1.54) is 30.3 Å². The molecule has 2 amide bonds. The van der Waals surface area contributed by atoms with Crippen LogP contribution in [0.1, 0.15) is 37.7 Å². The van der Waals surface area contributed by atoms with Crippen molar-refractivity contribution < 1.29 is 27.5 Å². The minimum absolute atomic E-state index is 0.00636. The number of aromatic nitrogens is 3. The molecule has 4 rings (SSSR count). The summed E-state index contributed by atoms with van der Waals surface area (Å²) in [4.78, 5) is 33.2. The molecule has 0 aliphatic rings. The molecule has 2 aromatic heterocycles. The molecule has 2 aromatic carbocycles. The largest absolute Gasteiger partial charge is 0.492 e. The Morgan fingerprint density at radius 2 is 1.81 bits per heavy atom. The van der Waals surface area contributed by atoms with Crippen molar-refractivity contribution in [2.45, 2.75) is 13.5 Å². The van der Waals surface area contributed by atoms with Gasteiger partial charge in [0.2, 0.25) is 15.9 Å². The van der Waals surface area contributed by atoms with Crippen molar-refractivity contribution in [3.63, 3.8) is 0 Å². The molecule has 13 heteroatoms. The topological polar surface area (TPSA) is 167 Å². The lowest BCUT2D eigenvalue weighted by atomic mass is 10.1. The Bertz CT molecular complexity index is 1730. The quantitative estimate of drug-likeness (QED) is 0.347. The van der Waals surface area contributed by atoms with Crippen LogP contribution in [-0.4, -0.2) is 45.5 Å². The van der Waals surface area contributed by atoms with Crippen LogP contribution in [0.25, 0.3) is 10.9 Å². The summed E-state index contributed by atoms with van der Waals surface area (Å²) in [6, 6.07) is 11.5. The van der Waals surface area contributed by atoms with Gasteiger partial charge in [-0.25, -0.2) is 26.7 Å². The monoisotopic (exact) mass is 522 g/mol. The minimum Gasteiger partial charge on any atom is -0.492 e. The maximum Gasteiger partial charge on any atom is 0.274 e. The number of nitriles is 1. The van der Waals surface area contributed by atoms with Gasteiger partial charge in [0.25, 0.3) is 11.8 Å². The first kappa shape index (κ1) is 25.3. The van der Waals surface area contributed by atoms with Gasteiger partial charge in [0, 0.05) is 18.0 Å². The fourth-order valence-electron chi connectivity index (χ4n) is 3.65. The number of amides is 2. The fourth-order valence-corrected chi connectivity index (χ4v) is 4.56. The number of aromatic hydroxyl groups is 1. The molecule has 0 spiro atoms. The van der Waals surface area contributed by atoms with E-state index in [0.717, 1.165) is 18.6 Å². The van der Waals surface area contributed by atoms with E-state index >= 15 is 0 Å². The lowest BCUT2D eigenvalue weighted by Crippen LogP contribution is -2.25. The fraction of sp³-hybridized carbons (Fsp3) is 0.125. The average Bonchev–Trinajstić information content (AvgIpc) is 3.15. The Hall–Kier alpha value is -4.83. The van der Waals surface area contributed by atoms with Gasteiger partial charge >= 0.3 is 0 Å². The van der Waals surface area contributed by atoms with Crippen LogP contribution < -0.4 is 10.6 Å².